The fraction of sp³-hybridized carbons (Fsp3) is 0.929. The highest BCUT2D eigenvalue weighted by Crippen LogP contribution is 2.09. The Kier molecular flexibility index (Phi) is 16.9. The molecular formula is C14H30O6S. The molecule has 7 heteroatoms. The molecule has 0 aliphatic rings. The van der Waals surface area contributed by atoms with Gasteiger partial charge in [0.15, 0.2) is 5.75 Å². The molecule has 0 aromatic heterocycles. The van der Waals surface area contributed by atoms with Gasteiger partial charge >= 0.3 is 5.97 Å². The van der Waals surface area contributed by atoms with Crippen LogP contribution in [0.25, 0.3) is 0 Å². The van der Waals surface area contributed by atoms with Crippen molar-refractivity contribution in [3.8, 4) is 0 Å². The van der Waals surface area contributed by atoms with Crippen molar-refractivity contribution in [3.63, 3.8) is 0 Å². The summed E-state index contributed by atoms with van der Waals surface area (Å²) >= 11 is 0. The number of aliphatic hydroxyl groups is 1. The minimum absolute atomic E-state index is 0.372. The first kappa shape index (κ1) is 22.6. The second-order valence-electron chi connectivity index (χ2n) is 5.03. The van der Waals surface area contributed by atoms with Gasteiger partial charge in [-0.3, -0.25) is 9.35 Å². The van der Waals surface area contributed by atoms with Crippen molar-refractivity contribution in [2.24, 2.45) is 0 Å². The van der Waals surface area contributed by atoms with Crippen LogP contribution in [0.5, 0.6) is 0 Å². The third kappa shape index (κ3) is 28.3. The number of hydrogen-bond acceptors (Lipinski definition) is 4. The minimum Gasteiger partial charge on any atom is -0.480 e. The lowest BCUT2D eigenvalue weighted by Crippen LogP contribution is -2.13. The van der Waals surface area contributed by atoms with E-state index >= 15 is 0 Å². The second-order valence-corrected chi connectivity index (χ2v) is 6.48. The predicted molar refractivity (Wildman–Crippen MR) is 83.0 cm³/mol. The molecule has 0 aliphatic heterocycles. The lowest BCUT2D eigenvalue weighted by Gasteiger charge is -2.00. The van der Waals surface area contributed by atoms with Crippen LogP contribution < -0.4 is 0 Å². The van der Waals surface area contributed by atoms with Crippen LogP contribution >= 0.6 is 0 Å². The Labute approximate surface area is 128 Å². The molecule has 0 bridgehead atoms. The first-order chi connectivity index (χ1) is 9.83. The summed E-state index contributed by atoms with van der Waals surface area (Å²) in [5, 5.41) is 16.3. The second kappa shape index (κ2) is 15.7. The van der Waals surface area contributed by atoms with Gasteiger partial charge in [-0.05, 0) is 6.42 Å². The van der Waals surface area contributed by atoms with E-state index in [-0.39, 0.29) is 0 Å². The van der Waals surface area contributed by atoms with E-state index in [9.17, 15) is 13.2 Å². The maximum absolute atomic E-state index is 9.62. The molecule has 0 saturated heterocycles. The molecule has 3 N–H and O–H groups in total. The van der Waals surface area contributed by atoms with Gasteiger partial charge in [0.25, 0.3) is 10.1 Å². The normalized spacial score (nSPS) is 10.8. The number of carboxylic acid groups (broad SMARTS) is 1. The van der Waals surface area contributed by atoms with Crippen LogP contribution in [0, 0.1) is 0 Å². The van der Waals surface area contributed by atoms with E-state index in [0.717, 1.165) is 6.42 Å². The molecule has 6 nitrogen and oxygen atoms in total. The van der Waals surface area contributed by atoms with Crippen LogP contribution in [0.3, 0.4) is 0 Å². The van der Waals surface area contributed by atoms with Gasteiger partial charge in [0.2, 0.25) is 0 Å². The average molecular weight is 326 g/mol. The van der Waals surface area contributed by atoms with Gasteiger partial charge < -0.3 is 10.2 Å². The largest absolute Gasteiger partial charge is 0.480 e. The van der Waals surface area contributed by atoms with Crippen molar-refractivity contribution in [2.75, 3.05) is 12.4 Å². The Hall–Kier alpha value is -0.660. The first-order valence-electron chi connectivity index (χ1n) is 7.61. The summed E-state index contributed by atoms with van der Waals surface area (Å²) in [6, 6.07) is 0. The van der Waals surface area contributed by atoms with E-state index in [1.54, 1.807) is 0 Å². The van der Waals surface area contributed by atoms with Crippen LogP contribution in [0.2, 0.25) is 0 Å². The Balaban J connectivity index is 0. The van der Waals surface area contributed by atoms with Crippen LogP contribution in [-0.2, 0) is 14.9 Å². The molecule has 0 rings (SSSR count). The van der Waals surface area contributed by atoms with Gasteiger partial charge in [-0.25, -0.2) is 0 Å². The van der Waals surface area contributed by atoms with Gasteiger partial charge in [-0.2, -0.15) is 8.42 Å². The fourth-order valence-corrected chi connectivity index (χ4v) is 2.07. The lowest BCUT2D eigenvalue weighted by molar-refractivity contribution is -0.134. The van der Waals surface area contributed by atoms with Gasteiger partial charge in [-0.1, -0.05) is 64.7 Å². The maximum atomic E-state index is 9.62. The van der Waals surface area contributed by atoms with Crippen LogP contribution in [0.4, 0.5) is 0 Å². The number of aliphatic carboxylic acids is 1. The number of unbranched alkanes of at least 4 members (excludes halogenated alkanes) is 9. The van der Waals surface area contributed by atoms with Crippen molar-refractivity contribution >= 4 is 16.1 Å². The molecule has 0 radical (unpaired) electrons. The highest BCUT2D eigenvalue weighted by molar-refractivity contribution is 7.86. The number of carboxylic acids is 1. The summed E-state index contributed by atoms with van der Waals surface area (Å²) in [6.45, 7) is 2.63. The number of hydrogen-bond donors (Lipinski definition) is 3. The summed E-state index contributed by atoms with van der Waals surface area (Å²) in [6.07, 6.45) is 13.3. The highest BCUT2D eigenvalue weighted by Gasteiger charge is 2.09. The Bertz CT molecular complexity index is 316. The monoisotopic (exact) mass is 326 g/mol. The third-order valence-electron chi connectivity index (χ3n) is 2.82. The summed E-state index contributed by atoms with van der Waals surface area (Å²) < 4.78 is 27.0. The van der Waals surface area contributed by atoms with Crippen molar-refractivity contribution in [1.29, 1.82) is 0 Å². The van der Waals surface area contributed by atoms with Crippen molar-refractivity contribution in [3.05, 3.63) is 0 Å². The van der Waals surface area contributed by atoms with Gasteiger partial charge in [-0.15, -0.1) is 0 Å². The van der Waals surface area contributed by atoms with Crippen molar-refractivity contribution in [2.45, 2.75) is 71.1 Å². The maximum Gasteiger partial charge on any atom is 0.321 e. The van der Waals surface area contributed by atoms with E-state index in [1.807, 2.05) is 0 Å². The van der Waals surface area contributed by atoms with Crippen LogP contribution in [-0.4, -0.2) is 41.5 Å². The molecule has 0 spiro atoms. The molecule has 0 saturated carbocycles. The van der Waals surface area contributed by atoms with Gasteiger partial charge in [0.1, 0.15) is 0 Å². The Morgan fingerprint density at radius 2 is 1.24 bits per heavy atom. The van der Waals surface area contributed by atoms with E-state index in [1.165, 1.54) is 57.8 Å². The number of aliphatic hydroxyl groups excluding tert-OH is 1. The van der Waals surface area contributed by atoms with E-state index in [2.05, 4.69) is 6.92 Å². The van der Waals surface area contributed by atoms with Crippen molar-refractivity contribution < 1.29 is 28.0 Å². The SMILES string of the molecule is CCCCCCCCCCCCO.O=C(O)CS(=O)(=O)O. The highest BCUT2D eigenvalue weighted by atomic mass is 32.2. The van der Waals surface area contributed by atoms with E-state index in [0.29, 0.717) is 6.61 Å². The van der Waals surface area contributed by atoms with E-state index in [4.69, 9.17) is 14.8 Å². The number of carbonyl (C=O) groups is 1. The molecule has 0 heterocycles. The zero-order valence-electron chi connectivity index (χ0n) is 13.0. The standard InChI is InChI=1S/C12H26O.C2H4O5S/c1-2-3-4-5-6-7-8-9-10-11-12-13;3-2(4)1-8(5,6)7/h13H,2-12H2,1H3;1H2,(H,3,4)(H,5,6,7). The molecule has 0 aliphatic carbocycles. The topological polar surface area (TPSA) is 112 Å². The zero-order chi connectivity index (χ0) is 16.6. The molecule has 21 heavy (non-hydrogen) atoms. The summed E-state index contributed by atoms with van der Waals surface area (Å²) in [7, 11) is -4.32. The molecule has 0 aromatic rings. The van der Waals surface area contributed by atoms with Crippen molar-refractivity contribution in [1.82, 2.24) is 0 Å². The molecule has 0 amide bonds. The minimum atomic E-state index is -4.32. The molecule has 0 atom stereocenters. The summed E-state index contributed by atoms with van der Waals surface area (Å²) in [5.74, 6) is -2.79. The fourth-order valence-electron chi connectivity index (χ4n) is 1.76. The lowest BCUT2D eigenvalue weighted by atomic mass is 10.1. The third-order valence-corrected chi connectivity index (χ3v) is 3.43. The van der Waals surface area contributed by atoms with Gasteiger partial charge in [0, 0.05) is 6.61 Å². The molecule has 0 fully saturated rings. The Morgan fingerprint density at radius 3 is 1.48 bits per heavy atom. The molecule has 0 unspecified atom stereocenters. The average Bonchev–Trinajstić information content (AvgIpc) is 2.35. The zero-order valence-corrected chi connectivity index (χ0v) is 13.8. The summed E-state index contributed by atoms with van der Waals surface area (Å²) in [4.78, 5) is 9.48. The first-order valence-corrected chi connectivity index (χ1v) is 9.22. The summed E-state index contributed by atoms with van der Waals surface area (Å²) in [5.41, 5.74) is 0. The molecule has 128 valence electrons. The molecular weight excluding hydrogens is 296 g/mol. The smallest absolute Gasteiger partial charge is 0.321 e. The number of rotatable bonds is 12. The molecule has 0 aromatic carbocycles. The van der Waals surface area contributed by atoms with Crippen LogP contribution in [0.15, 0.2) is 0 Å². The van der Waals surface area contributed by atoms with Gasteiger partial charge in [0.05, 0.1) is 0 Å². The van der Waals surface area contributed by atoms with Crippen LogP contribution in [0.1, 0.15) is 71.1 Å². The predicted octanol–water partition coefficient (Wildman–Crippen LogP) is 2.86. The quantitative estimate of drug-likeness (QED) is 0.375. The Morgan fingerprint density at radius 1 is 0.857 bits per heavy atom. The van der Waals surface area contributed by atoms with E-state index < -0.39 is 21.8 Å².